The van der Waals surface area contributed by atoms with Gasteiger partial charge in [0.25, 0.3) is 5.91 Å². The van der Waals surface area contributed by atoms with E-state index in [9.17, 15) is 14.0 Å². The van der Waals surface area contributed by atoms with Gasteiger partial charge in [0.1, 0.15) is 5.82 Å². The Balaban J connectivity index is 1.53. The Morgan fingerprint density at radius 1 is 1.15 bits per heavy atom. The van der Waals surface area contributed by atoms with Crippen LogP contribution in [0.2, 0.25) is 0 Å². The Kier molecular flexibility index (Phi) is 5.35. The smallest absolute Gasteiger partial charge is 0.251 e. The second-order valence-electron chi connectivity index (χ2n) is 6.98. The van der Waals surface area contributed by atoms with Crippen molar-refractivity contribution in [2.45, 2.75) is 26.8 Å². The average molecular weight is 354 g/mol. The summed E-state index contributed by atoms with van der Waals surface area (Å²) in [7, 11) is 0. The maximum absolute atomic E-state index is 13.0. The zero-order chi connectivity index (χ0) is 18.7. The maximum Gasteiger partial charge on any atom is 0.251 e. The number of nitrogens with one attached hydrogen (secondary N) is 1. The zero-order valence-electron chi connectivity index (χ0n) is 15.1. The van der Waals surface area contributed by atoms with Crippen molar-refractivity contribution in [1.29, 1.82) is 0 Å². The fraction of sp³-hybridized carbons (Fsp3) is 0.333. The predicted molar refractivity (Wildman–Crippen MR) is 98.2 cm³/mol. The molecule has 5 heteroatoms. The summed E-state index contributed by atoms with van der Waals surface area (Å²) in [6.45, 7) is 5.54. The largest absolute Gasteiger partial charge is 0.352 e. The molecule has 1 N–H and O–H groups in total. The van der Waals surface area contributed by atoms with Crippen LogP contribution in [0.15, 0.2) is 42.5 Å². The number of rotatable bonds is 5. The number of carbonyl (C=O) groups excluding carboxylic acids is 2. The van der Waals surface area contributed by atoms with Gasteiger partial charge in [0.05, 0.1) is 0 Å². The van der Waals surface area contributed by atoms with E-state index < -0.39 is 0 Å². The summed E-state index contributed by atoms with van der Waals surface area (Å²) in [6.07, 6.45) is 0.425. The van der Waals surface area contributed by atoms with E-state index in [0.29, 0.717) is 31.6 Å². The van der Waals surface area contributed by atoms with Crippen molar-refractivity contribution < 1.29 is 14.0 Å². The van der Waals surface area contributed by atoms with Crippen molar-refractivity contribution in [3.05, 3.63) is 70.5 Å². The van der Waals surface area contributed by atoms with Gasteiger partial charge in [-0.1, -0.05) is 18.2 Å². The van der Waals surface area contributed by atoms with Gasteiger partial charge in [-0.25, -0.2) is 4.39 Å². The van der Waals surface area contributed by atoms with E-state index in [-0.39, 0.29) is 23.5 Å². The van der Waals surface area contributed by atoms with Crippen molar-refractivity contribution >= 4 is 11.8 Å². The third kappa shape index (κ3) is 4.28. The first-order valence-electron chi connectivity index (χ1n) is 8.80. The molecule has 136 valence electrons. The fourth-order valence-electron chi connectivity index (χ4n) is 3.18. The molecule has 3 rings (SSSR count). The lowest BCUT2D eigenvalue weighted by atomic mass is 10.1. The van der Waals surface area contributed by atoms with Gasteiger partial charge >= 0.3 is 0 Å². The van der Waals surface area contributed by atoms with Crippen molar-refractivity contribution in [2.75, 3.05) is 13.1 Å². The highest BCUT2D eigenvalue weighted by molar-refractivity contribution is 5.94. The summed E-state index contributed by atoms with van der Waals surface area (Å²) in [5.74, 6) is -0.232. The normalized spacial score (nSPS) is 16.8. The predicted octanol–water partition coefficient (Wildman–Crippen LogP) is 3.22. The van der Waals surface area contributed by atoms with Gasteiger partial charge in [0, 0.05) is 37.5 Å². The highest BCUT2D eigenvalue weighted by Gasteiger charge is 2.29. The van der Waals surface area contributed by atoms with E-state index in [1.54, 1.807) is 17.0 Å². The van der Waals surface area contributed by atoms with Crippen LogP contribution in [0.4, 0.5) is 4.39 Å². The number of amides is 2. The number of hydrogen-bond donors (Lipinski definition) is 1. The quantitative estimate of drug-likeness (QED) is 0.896. The minimum Gasteiger partial charge on any atom is -0.352 e. The second-order valence-corrected chi connectivity index (χ2v) is 6.98. The third-order valence-corrected chi connectivity index (χ3v) is 4.90. The van der Waals surface area contributed by atoms with Gasteiger partial charge in [-0.3, -0.25) is 9.59 Å². The lowest BCUT2D eigenvalue weighted by Gasteiger charge is -2.17. The number of carbonyl (C=O) groups is 2. The monoisotopic (exact) mass is 354 g/mol. The molecule has 0 saturated carbocycles. The number of likely N-dealkylation sites (tertiary alicyclic amines) is 1. The van der Waals surface area contributed by atoms with Crippen LogP contribution in [0.3, 0.4) is 0 Å². The molecule has 1 heterocycles. The molecular formula is C21H23FN2O2. The van der Waals surface area contributed by atoms with Crippen LogP contribution < -0.4 is 5.32 Å². The molecule has 1 fully saturated rings. The number of aryl methyl sites for hydroxylation is 2. The fourth-order valence-corrected chi connectivity index (χ4v) is 3.18. The van der Waals surface area contributed by atoms with E-state index in [1.807, 2.05) is 32.0 Å². The summed E-state index contributed by atoms with van der Waals surface area (Å²) in [4.78, 5) is 26.3. The van der Waals surface area contributed by atoms with E-state index in [2.05, 4.69) is 5.32 Å². The molecule has 0 bridgehead atoms. The van der Waals surface area contributed by atoms with E-state index in [1.165, 1.54) is 12.1 Å². The van der Waals surface area contributed by atoms with Crippen LogP contribution in [0, 0.1) is 25.6 Å². The number of nitrogens with zero attached hydrogens (tertiary/aromatic N) is 1. The van der Waals surface area contributed by atoms with Crippen molar-refractivity contribution in [3.8, 4) is 0 Å². The zero-order valence-corrected chi connectivity index (χ0v) is 15.1. The summed E-state index contributed by atoms with van der Waals surface area (Å²) < 4.78 is 13.0. The first kappa shape index (κ1) is 18.1. The van der Waals surface area contributed by atoms with Crippen LogP contribution in [0.25, 0.3) is 0 Å². The molecule has 1 atom stereocenters. The molecular weight excluding hydrogens is 331 g/mol. The molecule has 2 aromatic carbocycles. The van der Waals surface area contributed by atoms with E-state index in [4.69, 9.17) is 0 Å². The first-order chi connectivity index (χ1) is 12.4. The van der Waals surface area contributed by atoms with Crippen molar-refractivity contribution in [3.63, 3.8) is 0 Å². The highest BCUT2D eigenvalue weighted by atomic mass is 19.1. The molecule has 0 aliphatic carbocycles. The van der Waals surface area contributed by atoms with E-state index >= 15 is 0 Å². The summed E-state index contributed by atoms with van der Waals surface area (Å²) in [5, 5.41) is 2.93. The molecule has 1 saturated heterocycles. The second kappa shape index (κ2) is 7.68. The molecule has 0 spiro atoms. The Morgan fingerprint density at radius 2 is 1.88 bits per heavy atom. The number of halogens is 1. The van der Waals surface area contributed by atoms with Crippen LogP contribution in [-0.2, 0) is 11.3 Å². The van der Waals surface area contributed by atoms with Crippen LogP contribution in [0.5, 0.6) is 0 Å². The molecule has 26 heavy (non-hydrogen) atoms. The van der Waals surface area contributed by atoms with Crippen LogP contribution >= 0.6 is 0 Å². The molecule has 1 aliphatic heterocycles. The van der Waals surface area contributed by atoms with Crippen molar-refractivity contribution in [1.82, 2.24) is 10.2 Å². The van der Waals surface area contributed by atoms with Crippen LogP contribution in [0.1, 0.15) is 33.5 Å². The lowest BCUT2D eigenvalue weighted by molar-refractivity contribution is -0.128. The van der Waals surface area contributed by atoms with Gasteiger partial charge < -0.3 is 10.2 Å². The molecule has 2 amide bonds. The summed E-state index contributed by atoms with van der Waals surface area (Å²) in [6, 6.07) is 11.8. The van der Waals surface area contributed by atoms with Gasteiger partial charge in [-0.05, 0) is 54.8 Å². The Hall–Kier alpha value is -2.69. The lowest BCUT2D eigenvalue weighted by Crippen LogP contribution is -2.31. The van der Waals surface area contributed by atoms with E-state index in [0.717, 1.165) is 16.7 Å². The molecule has 0 aromatic heterocycles. The maximum atomic E-state index is 13.0. The Bertz CT molecular complexity index is 817. The summed E-state index contributed by atoms with van der Waals surface area (Å²) >= 11 is 0. The Morgan fingerprint density at radius 3 is 2.58 bits per heavy atom. The minimum atomic E-state index is -0.284. The van der Waals surface area contributed by atoms with Crippen LogP contribution in [-0.4, -0.2) is 29.8 Å². The molecule has 0 radical (unpaired) electrons. The SMILES string of the molecule is Cc1ccc(C(=O)NC[C@H]2CC(=O)N(Cc3ccc(F)cc3)C2)cc1C. The Labute approximate surface area is 153 Å². The first-order valence-corrected chi connectivity index (χ1v) is 8.80. The average Bonchev–Trinajstić information content (AvgIpc) is 2.97. The standard InChI is InChI=1S/C21H23FN2O2/c1-14-3-6-18(9-15(14)2)21(26)23-11-17-10-20(25)24(13-17)12-16-4-7-19(22)8-5-16/h3-9,17H,10-13H2,1-2H3,(H,23,26)/t17-/m1/s1. The van der Waals surface area contributed by atoms with Gasteiger partial charge in [0.15, 0.2) is 0 Å². The van der Waals surface area contributed by atoms with Gasteiger partial charge in [-0.2, -0.15) is 0 Å². The van der Waals surface area contributed by atoms with Gasteiger partial charge in [-0.15, -0.1) is 0 Å². The molecule has 4 nitrogen and oxygen atoms in total. The molecule has 2 aromatic rings. The molecule has 1 aliphatic rings. The van der Waals surface area contributed by atoms with Crippen molar-refractivity contribution in [2.24, 2.45) is 5.92 Å². The third-order valence-electron chi connectivity index (χ3n) is 4.90. The minimum absolute atomic E-state index is 0.0692. The van der Waals surface area contributed by atoms with Gasteiger partial charge in [0.2, 0.25) is 5.91 Å². The molecule has 0 unspecified atom stereocenters. The number of benzene rings is 2. The summed E-state index contributed by atoms with van der Waals surface area (Å²) in [5.41, 5.74) is 3.78. The topological polar surface area (TPSA) is 49.4 Å². The highest BCUT2D eigenvalue weighted by Crippen LogP contribution is 2.20. The number of hydrogen-bond acceptors (Lipinski definition) is 2.